The Hall–Kier alpha value is -3.19. The van der Waals surface area contributed by atoms with E-state index in [1.54, 1.807) is 23.4 Å². The van der Waals surface area contributed by atoms with Crippen molar-refractivity contribution in [1.29, 1.82) is 0 Å². The minimum atomic E-state index is -1.31. The second-order valence-corrected chi connectivity index (χ2v) is 8.70. The van der Waals surface area contributed by atoms with Gasteiger partial charge in [0, 0.05) is 44.1 Å². The number of aromatic nitrogens is 1. The number of rotatable bonds is 8. The Morgan fingerprint density at radius 1 is 0.941 bits per heavy atom. The SMILES string of the molecule is O=C(c1cc(F)c(F)cc1F)N(Cc1cccnc1)C1CCN(CCCc2ccccc2)CC1. The molecule has 4 nitrogen and oxygen atoms in total. The first-order chi connectivity index (χ1) is 16.5. The molecule has 1 amide bonds. The van der Waals surface area contributed by atoms with E-state index in [4.69, 9.17) is 0 Å². The van der Waals surface area contributed by atoms with Crippen LogP contribution in [0.1, 0.15) is 40.7 Å². The molecule has 0 saturated carbocycles. The van der Waals surface area contributed by atoms with Gasteiger partial charge < -0.3 is 9.80 Å². The number of pyridine rings is 1. The Bertz CT molecular complexity index is 1090. The number of hydrogen-bond acceptors (Lipinski definition) is 3. The van der Waals surface area contributed by atoms with Gasteiger partial charge in [0.05, 0.1) is 5.56 Å². The van der Waals surface area contributed by atoms with Crippen LogP contribution in [0.2, 0.25) is 0 Å². The molecule has 7 heteroatoms. The summed E-state index contributed by atoms with van der Waals surface area (Å²) in [6.07, 6.45) is 6.80. The first-order valence-corrected chi connectivity index (χ1v) is 11.6. The number of carbonyl (C=O) groups is 1. The van der Waals surface area contributed by atoms with Crippen molar-refractivity contribution in [2.75, 3.05) is 19.6 Å². The van der Waals surface area contributed by atoms with Gasteiger partial charge in [0.2, 0.25) is 0 Å². The Labute approximate surface area is 198 Å². The van der Waals surface area contributed by atoms with Gasteiger partial charge in [-0.05, 0) is 55.5 Å². The van der Waals surface area contributed by atoms with E-state index in [9.17, 15) is 18.0 Å². The third-order valence-electron chi connectivity index (χ3n) is 6.36. The van der Waals surface area contributed by atoms with Gasteiger partial charge in [0.25, 0.3) is 5.91 Å². The predicted molar refractivity (Wildman–Crippen MR) is 125 cm³/mol. The largest absolute Gasteiger partial charge is 0.331 e. The minimum Gasteiger partial charge on any atom is -0.331 e. The van der Waals surface area contributed by atoms with Crippen LogP contribution < -0.4 is 0 Å². The summed E-state index contributed by atoms with van der Waals surface area (Å²) in [6, 6.07) is 14.9. The van der Waals surface area contributed by atoms with Crippen LogP contribution in [0.15, 0.2) is 67.0 Å². The lowest BCUT2D eigenvalue weighted by Crippen LogP contribution is -2.47. The summed E-state index contributed by atoms with van der Waals surface area (Å²) in [5, 5.41) is 0. The third kappa shape index (κ3) is 6.03. The molecule has 1 aromatic heterocycles. The van der Waals surface area contributed by atoms with E-state index in [1.807, 2.05) is 24.3 Å². The zero-order valence-corrected chi connectivity index (χ0v) is 19.0. The fourth-order valence-electron chi connectivity index (χ4n) is 4.50. The van der Waals surface area contributed by atoms with E-state index in [0.717, 1.165) is 50.9 Å². The molecule has 1 aliphatic heterocycles. The topological polar surface area (TPSA) is 36.4 Å². The molecule has 0 unspecified atom stereocenters. The van der Waals surface area contributed by atoms with E-state index < -0.39 is 28.9 Å². The van der Waals surface area contributed by atoms with Crippen LogP contribution in [0.25, 0.3) is 0 Å². The van der Waals surface area contributed by atoms with Gasteiger partial charge in [-0.15, -0.1) is 0 Å². The monoisotopic (exact) mass is 467 g/mol. The average Bonchev–Trinajstić information content (AvgIpc) is 2.86. The number of halogens is 3. The first kappa shape index (κ1) is 24.0. The van der Waals surface area contributed by atoms with Gasteiger partial charge in [0.1, 0.15) is 5.82 Å². The van der Waals surface area contributed by atoms with Crippen LogP contribution in [-0.2, 0) is 13.0 Å². The summed E-state index contributed by atoms with van der Waals surface area (Å²) in [7, 11) is 0. The van der Waals surface area contributed by atoms with Crippen molar-refractivity contribution in [2.24, 2.45) is 0 Å². The first-order valence-electron chi connectivity index (χ1n) is 11.6. The van der Waals surface area contributed by atoms with Crippen molar-refractivity contribution < 1.29 is 18.0 Å². The highest BCUT2D eigenvalue weighted by Crippen LogP contribution is 2.24. The van der Waals surface area contributed by atoms with Crippen molar-refractivity contribution in [3.8, 4) is 0 Å². The Balaban J connectivity index is 1.42. The van der Waals surface area contributed by atoms with Crippen LogP contribution in [0.4, 0.5) is 13.2 Å². The number of likely N-dealkylation sites (tertiary alicyclic amines) is 1. The van der Waals surface area contributed by atoms with Gasteiger partial charge in [-0.3, -0.25) is 9.78 Å². The Morgan fingerprint density at radius 2 is 1.65 bits per heavy atom. The average molecular weight is 468 g/mol. The number of aryl methyl sites for hydroxylation is 1. The van der Waals surface area contributed by atoms with Crippen LogP contribution in [0.5, 0.6) is 0 Å². The number of hydrogen-bond donors (Lipinski definition) is 0. The standard InChI is InChI=1S/C27H28F3N3O/c28-24-17-26(30)25(29)16-23(24)27(34)33(19-21-8-4-12-31-18-21)22-10-14-32(15-11-22)13-5-9-20-6-2-1-3-7-20/h1-4,6-8,12,16-18,22H,5,9-11,13-15,19H2. The van der Waals surface area contributed by atoms with Crippen LogP contribution in [0.3, 0.4) is 0 Å². The maximum Gasteiger partial charge on any atom is 0.257 e. The Morgan fingerprint density at radius 3 is 2.35 bits per heavy atom. The smallest absolute Gasteiger partial charge is 0.257 e. The maximum absolute atomic E-state index is 14.4. The van der Waals surface area contributed by atoms with Crippen LogP contribution in [-0.4, -0.2) is 46.4 Å². The highest BCUT2D eigenvalue weighted by molar-refractivity contribution is 5.94. The third-order valence-corrected chi connectivity index (χ3v) is 6.36. The molecule has 0 atom stereocenters. The van der Waals surface area contributed by atoms with E-state index in [2.05, 4.69) is 22.0 Å². The maximum atomic E-state index is 14.4. The summed E-state index contributed by atoms with van der Waals surface area (Å²) in [6.45, 7) is 2.83. The van der Waals surface area contributed by atoms with E-state index in [-0.39, 0.29) is 12.6 Å². The second-order valence-electron chi connectivity index (χ2n) is 8.70. The molecule has 178 valence electrons. The number of carbonyl (C=O) groups excluding carboxylic acids is 1. The predicted octanol–water partition coefficient (Wildman–Crippen LogP) is 5.24. The van der Waals surface area contributed by atoms with Crippen molar-refractivity contribution >= 4 is 5.91 Å². The van der Waals surface area contributed by atoms with Crippen LogP contribution >= 0.6 is 0 Å². The molecule has 1 saturated heterocycles. The number of benzene rings is 2. The van der Waals surface area contributed by atoms with Gasteiger partial charge in [-0.1, -0.05) is 36.4 Å². The zero-order valence-electron chi connectivity index (χ0n) is 19.0. The quantitative estimate of drug-likeness (QED) is 0.425. The molecule has 0 radical (unpaired) electrons. The van der Waals surface area contributed by atoms with E-state index in [1.165, 1.54) is 5.56 Å². The van der Waals surface area contributed by atoms with Gasteiger partial charge in [-0.25, -0.2) is 13.2 Å². The molecule has 1 fully saturated rings. The van der Waals surface area contributed by atoms with Crippen LogP contribution in [0, 0.1) is 17.5 Å². The van der Waals surface area contributed by atoms with Crippen molar-refractivity contribution in [3.05, 3.63) is 101 Å². The normalized spacial score (nSPS) is 14.8. The fourth-order valence-corrected chi connectivity index (χ4v) is 4.50. The van der Waals surface area contributed by atoms with Gasteiger partial charge in [-0.2, -0.15) is 0 Å². The molecular formula is C27H28F3N3O. The van der Waals surface area contributed by atoms with Gasteiger partial charge in [0.15, 0.2) is 11.6 Å². The number of piperidine rings is 1. The van der Waals surface area contributed by atoms with E-state index in [0.29, 0.717) is 12.1 Å². The summed E-state index contributed by atoms with van der Waals surface area (Å²) in [4.78, 5) is 21.4. The summed E-state index contributed by atoms with van der Waals surface area (Å²) >= 11 is 0. The minimum absolute atomic E-state index is 0.134. The molecule has 2 heterocycles. The molecule has 34 heavy (non-hydrogen) atoms. The highest BCUT2D eigenvalue weighted by atomic mass is 19.2. The van der Waals surface area contributed by atoms with Crippen molar-refractivity contribution in [2.45, 2.75) is 38.3 Å². The Kier molecular flexibility index (Phi) is 7.95. The molecule has 1 aliphatic rings. The van der Waals surface area contributed by atoms with Gasteiger partial charge >= 0.3 is 0 Å². The zero-order chi connectivity index (χ0) is 23.9. The van der Waals surface area contributed by atoms with Crippen molar-refractivity contribution in [3.63, 3.8) is 0 Å². The van der Waals surface area contributed by atoms with E-state index >= 15 is 0 Å². The fraction of sp³-hybridized carbons (Fsp3) is 0.333. The van der Waals surface area contributed by atoms with Crippen molar-refractivity contribution in [1.82, 2.24) is 14.8 Å². The molecule has 3 aromatic rings. The molecule has 0 aliphatic carbocycles. The second kappa shape index (κ2) is 11.3. The number of amides is 1. The lowest BCUT2D eigenvalue weighted by Gasteiger charge is -2.38. The highest BCUT2D eigenvalue weighted by Gasteiger charge is 2.30. The summed E-state index contributed by atoms with van der Waals surface area (Å²) in [5.74, 6) is -4.24. The number of nitrogens with zero attached hydrogens (tertiary/aromatic N) is 3. The molecule has 0 N–H and O–H groups in total. The summed E-state index contributed by atoms with van der Waals surface area (Å²) in [5.41, 5.74) is 1.66. The lowest BCUT2D eigenvalue weighted by molar-refractivity contribution is 0.0543. The molecular weight excluding hydrogens is 439 g/mol. The molecule has 0 spiro atoms. The summed E-state index contributed by atoms with van der Waals surface area (Å²) < 4.78 is 41.7. The molecule has 4 rings (SSSR count). The lowest BCUT2D eigenvalue weighted by atomic mass is 10.00. The molecule has 2 aromatic carbocycles. The molecule has 0 bridgehead atoms.